The van der Waals surface area contributed by atoms with Gasteiger partial charge in [-0.05, 0) is 44.5 Å². The molecular weight excluding hydrogens is 252 g/mol. The van der Waals surface area contributed by atoms with Crippen LogP contribution < -0.4 is 5.32 Å². The summed E-state index contributed by atoms with van der Waals surface area (Å²) in [6.45, 7) is 14.4. The highest BCUT2D eigenvalue weighted by Crippen LogP contribution is 2.32. The van der Waals surface area contributed by atoms with Gasteiger partial charge in [0.15, 0.2) is 0 Å². The van der Waals surface area contributed by atoms with Crippen LogP contribution in [0.1, 0.15) is 53.4 Å². The van der Waals surface area contributed by atoms with Crippen LogP contribution in [0.5, 0.6) is 0 Å². The standard InChI is InChI=1S/C16H34N2S/c1-6-14(4)15-12-18(11-9-10-17-15)13-16(7-2,8-3)19-5/h14-15,17H,6-13H2,1-5H3. The van der Waals surface area contributed by atoms with Crippen molar-refractivity contribution >= 4 is 11.8 Å². The Labute approximate surface area is 125 Å². The van der Waals surface area contributed by atoms with Crippen LogP contribution in [0, 0.1) is 5.92 Å². The number of hydrogen-bond acceptors (Lipinski definition) is 3. The number of rotatable bonds is 7. The normalized spacial score (nSPS) is 24.2. The number of hydrogen-bond donors (Lipinski definition) is 1. The van der Waals surface area contributed by atoms with E-state index in [4.69, 9.17) is 0 Å². The van der Waals surface area contributed by atoms with Crippen LogP contribution in [-0.2, 0) is 0 Å². The summed E-state index contributed by atoms with van der Waals surface area (Å²) in [5.74, 6) is 0.785. The van der Waals surface area contributed by atoms with E-state index in [1.807, 2.05) is 0 Å². The maximum Gasteiger partial charge on any atom is 0.0279 e. The van der Waals surface area contributed by atoms with Crippen molar-refractivity contribution in [3.8, 4) is 0 Å². The lowest BCUT2D eigenvalue weighted by Gasteiger charge is -2.37. The second kappa shape index (κ2) is 8.53. The van der Waals surface area contributed by atoms with Crippen LogP contribution in [0.4, 0.5) is 0 Å². The molecule has 0 radical (unpaired) electrons. The Morgan fingerprint density at radius 1 is 1.32 bits per heavy atom. The molecule has 2 unspecified atom stereocenters. The molecule has 0 aliphatic carbocycles. The fourth-order valence-corrected chi connectivity index (χ4v) is 3.96. The lowest BCUT2D eigenvalue weighted by atomic mass is 9.97. The van der Waals surface area contributed by atoms with E-state index in [1.165, 1.54) is 51.9 Å². The molecular formula is C16H34N2S. The topological polar surface area (TPSA) is 15.3 Å². The molecule has 0 saturated carbocycles. The molecule has 0 spiro atoms. The van der Waals surface area contributed by atoms with Crippen molar-refractivity contribution in [3.63, 3.8) is 0 Å². The van der Waals surface area contributed by atoms with E-state index in [0.717, 1.165) is 5.92 Å². The van der Waals surface area contributed by atoms with Crippen LogP contribution >= 0.6 is 11.8 Å². The predicted molar refractivity (Wildman–Crippen MR) is 89.1 cm³/mol. The van der Waals surface area contributed by atoms with Gasteiger partial charge in [0.1, 0.15) is 0 Å². The molecule has 1 heterocycles. The van der Waals surface area contributed by atoms with Crippen molar-refractivity contribution in [2.24, 2.45) is 5.92 Å². The fourth-order valence-electron chi connectivity index (χ4n) is 3.07. The first kappa shape index (κ1) is 17.3. The van der Waals surface area contributed by atoms with Crippen LogP contribution in [0.2, 0.25) is 0 Å². The van der Waals surface area contributed by atoms with Gasteiger partial charge in [-0.15, -0.1) is 0 Å². The molecule has 19 heavy (non-hydrogen) atoms. The quantitative estimate of drug-likeness (QED) is 0.769. The summed E-state index contributed by atoms with van der Waals surface area (Å²) in [6, 6.07) is 0.681. The Kier molecular flexibility index (Phi) is 7.78. The molecule has 2 atom stereocenters. The maximum absolute atomic E-state index is 3.75. The van der Waals surface area contributed by atoms with Crippen molar-refractivity contribution in [3.05, 3.63) is 0 Å². The van der Waals surface area contributed by atoms with Gasteiger partial charge in [0.25, 0.3) is 0 Å². The SMILES string of the molecule is CCC(C)C1CN(CC(CC)(CC)SC)CCCN1. The average molecular weight is 287 g/mol. The van der Waals surface area contributed by atoms with Gasteiger partial charge in [0.05, 0.1) is 0 Å². The zero-order chi connectivity index (χ0) is 14.3. The van der Waals surface area contributed by atoms with Gasteiger partial charge in [-0.2, -0.15) is 11.8 Å². The minimum absolute atomic E-state index is 0.463. The monoisotopic (exact) mass is 286 g/mol. The summed E-state index contributed by atoms with van der Waals surface area (Å²) >= 11 is 2.07. The lowest BCUT2D eigenvalue weighted by molar-refractivity contribution is 0.214. The van der Waals surface area contributed by atoms with Crippen LogP contribution in [0.15, 0.2) is 0 Å². The molecule has 0 aromatic carbocycles. The van der Waals surface area contributed by atoms with E-state index >= 15 is 0 Å². The molecule has 2 nitrogen and oxygen atoms in total. The summed E-state index contributed by atoms with van der Waals surface area (Å²) in [5.41, 5.74) is 0. The third kappa shape index (κ3) is 4.95. The zero-order valence-corrected chi connectivity index (χ0v) is 14.5. The van der Waals surface area contributed by atoms with Gasteiger partial charge in [-0.3, -0.25) is 0 Å². The van der Waals surface area contributed by atoms with Gasteiger partial charge in [0.2, 0.25) is 0 Å². The minimum Gasteiger partial charge on any atom is -0.312 e. The summed E-state index contributed by atoms with van der Waals surface area (Å²) in [7, 11) is 0. The zero-order valence-electron chi connectivity index (χ0n) is 13.7. The summed E-state index contributed by atoms with van der Waals surface area (Å²) in [6.07, 6.45) is 7.42. The average Bonchev–Trinajstić information content (AvgIpc) is 2.69. The third-order valence-corrected chi connectivity index (χ3v) is 6.65. The van der Waals surface area contributed by atoms with Gasteiger partial charge in [-0.1, -0.05) is 34.1 Å². The molecule has 1 N–H and O–H groups in total. The Morgan fingerprint density at radius 3 is 2.53 bits per heavy atom. The van der Waals surface area contributed by atoms with Gasteiger partial charge in [-0.25, -0.2) is 0 Å². The van der Waals surface area contributed by atoms with Crippen molar-refractivity contribution < 1.29 is 0 Å². The molecule has 1 rings (SSSR count). The first-order valence-electron chi connectivity index (χ1n) is 8.11. The molecule has 0 aromatic rings. The van der Waals surface area contributed by atoms with E-state index in [-0.39, 0.29) is 0 Å². The van der Waals surface area contributed by atoms with Gasteiger partial charge < -0.3 is 10.2 Å². The second-order valence-corrected chi connectivity index (χ2v) is 7.40. The second-order valence-electron chi connectivity index (χ2n) is 6.13. The Balaban J connectivity index is 2.65. The largest absolute Gasteiger partial charge is 0.312 e. The predicted octanol–water partition coefficient (Wildman–Crippen LogP) is 3.62. The highest BCUT2D eigenvalue weighted by Gasteiger charge is 2.30. The summed E-state index contributed by atoms with van der Waals surface area (Å²) < 4.78 is 0.463. The molecule has 1 aliphatic rings. The fraction of sp³-hybridized carbons (Fsp3) is 1.00. The maximum atomic E-state index is 3.75. The third-order valence-electron chi connectivity index (χ3n) is 5.08. The van der Waals surface area contributed by atoms with E-state index in [2.05, 4.69) is 55.9 Å². The summed E-state index contributed by atoms with van der Waals surface area (Å²) in [4.78, 5) is 2.72. The van der Waals surface area contributed by atoms with Crippen LogP contribution in [0.3, 0.4) is 0 Å². The Hall–Kier alpha value is 0.270. The minimum atomic E-state index is 0.463. The highest BCUT2D eigenvalue weighted by atomic mass is 32.2. The van der Waals surface area contributed by atoms with Crippen LogP contribution in [0.25, 0.3) is 0 Å². The molecule has 1 fully saturated rings. The van der Waals surface area contributed by atoms with Crippen molar-refractivity contribution in [2.75, 3.05) is 32.4 Å². The molecule has 1 aliphatic heterocycles. The van der Waals surface area contributed by atoms with Crippen molar-refractivity contribution in [1.82, 2.24) is 10.2 Å². The molecule has 114 valence electrons. The first-order chi connectivity index (χ1) is 9.10. The molecule has 0 amide bonds. The van der Waals surface area contributed by atoms with Crippen molar-refractivity contribution in [1.29, 1.82) is 0 Å². The smallest absolute Gasteiger partial charge is 0.0279 e. The van der Waals surface area contributed by atoms with Gasteiger partial charge in [0, 0.05) is 23.9 Å². The molecule has 1 saturated heterocycles. The van der Waals surface area contributed by atoms with Crippen LogP contribution in [-0.4, -0.2) is 48.1 Å². The Morgan fingerprint density at radius 2 is 2.00 bits per heavy atom. The Bertz CT molecular complexity index is 233. The van der Waals surface area contributed by atoms with Gasteiger partial charge >= 0.3 is 0 Å². The number of thioether (sulfide) groups is 1. The van der Waals surface area contributed by atoms with E-state index in [0.29, 0.717) is 10.8 Å². The van der Waals surface area contributed by atoms with E-state index in [1.54, 1.807) is 0 Å². The number of nitrogens with one attached hydrogen (secondary N) is 1. The first-order valence-corrected chi connectivity index (χ1v) is 9.34. The number of nitrogens with zero attached hydrogens (tertiary/aromatic N) is 1. The molecule has 0 aromatic heterocycles. The highest BCUT2D eigenvalue weighted by molar-refractivity contribution is 8.00. The lowest BCUT2D eigenvalue weighted by Crippen LogP contribution is -2.46. The molecule has 3 heteroatoms. The van der Waals surface area contributed by atoms with E-state index in [9.17, 15) is 0 Å². The van der Waals surface area contributed by atoms with Crippen molar-refractivity contribution in [2.45, 2.75) is 64.2 Å². The van der Waals surface area contributed by atoms with E-state index < -0.39 is 0 Å². The molecule has 0 bridgehead atoms. The summed E-state index contributed by atoms with van der Waals surface area (Å²) in [5, 5.41) is 3.75.